The first-order valence-electron chi connectivity index (χ1n) is 3.66. The third-order valence-corrected chi connectivity index (χ3v) is 2.76. The molecule has 0 bridgehead atoms. The fraction of sp³-hybridized carbons (Fsp3) is 0.500. The van der Waals surface area contributed by atoms with Crippen LogP contribution < -0.4 is 5.56 Å². The number of aromatic nitrogens is 2. The summed E-state index contributed by atoms with van der Waals surface area (Å²) in [5, 5.41) is 0.767. The molecular weight excluding hydrogens is 172 g/mol. The van der Waals surface area contributed by atoms with Crippen molar-refractivity contribution in [2.75, 3.05) is 6.26 Å². The standard InChI is InChI=1S/C8H12N2OS/c1-5-6(2)10(3)8(12-4)9-7(5)11/h1-4H3. The molecule has 0 N–H and O–H groups in total. The van der Waals surface area contributed by atoms with Gasteiger partial charge in [0, 0.05) is 18.3 Å². The van der Waals surface area contributed by atoms with E-state index < -0.39 is 0 Å². The van der Waals surface area contributed by atoms with Gasteiger partial charge in [0.2, 0.25) is 0 Å². The highest BCUT2D eigenvalue weighted by atomic mass is 32.2. The minimum atomic E-state index is -0.116. The highest BCUT2D eigenvalue weighted by molar-refractivity contribution is 7.98. The van der Waals surface area contributed by atoms with Gasteiger partial charge in [0.15, 0.2) is 5.16 Å². The fourth-order valence-corrected chi connectivity index (χ4v) is 1.56. The smallest absolute Gasteiger partial charge is 0.276 e. The van der Waals surface area contributed by atoms with Gasteiger partial charge in [-0.05, 0) is 20.1 Å². The minimum absolute atomic E-state index is 0.116. The van der Waals surface area contributed by atoms with Gasteiger partial charge in [0.25, 0.3) is 5.56 Å². The van der Waals surface area contributed by atoms with Crippen molar-refractivity contribution in [1.82, 2.24) is 9.55 Å². The van der Waals surface area contributed by atoms with Crippen molar-refractivity contribution in [3.05, 3.63) is 21.6 Å². The number of nitrogens with zero attached hydrogens (tertiary/aromatic N) is 2. The molecule has 1 heterocycles. The van der Waals surface area contributed by atoms with Crippen LogP contribution >= 0.6 is 11.8 Å². The Labute approximate surface area is 75.8 Å². The van der Waals surface area contributed by atoms with Gasteiger partial charge in [-0.25, -0.2) is 0 Å². The van der Waals surface area contributed by atoms with E-state index in [0.29, 0.717) is 0 Å². The van der Waals surface area contributed by atoms with Crippen molar-refractivity contribution >= 4 is 11.8 Å². The van der Waals surface area contributed by atoms with Crippen LogP contribution in [0.2, 0.25) is 0 Å². The summed E-state index contributed by atoms with van der Waals surface area (Å²) in [6.07, 6.45) is 1.91. The molecule has 1 aromatic rings. The molecule has 0 aromatic carbocycles. The van der Waals surface area contributed by atoms with E-state index in [9.17, 15) is 4.79 Å². The Kier molecular flexibility index (Phi) is 2.57. The van der Waals surface area contributed by atoms with Crippen molar-refractivity contribution in [3.63, 3.8) is 0 Å². The molecule has 0 saturated heterocycles. The average molecular weight is 184 g/mol. The molecule has 66 valence electrons. The fourth-order valence-electron chi connectivity index (χ4n) is 0.978. The topological polar surface area (TPSA) is 34.9 Å². The monoisotopic (exact) mass is 184 g/mol. The summed E-state index contributed by atoms with van der Waals surface area (Å²) in [5.74, 6) is 0. The molecule has 0 aliphatic heterocycles. The van der Waals surface area contributed by atoms with Crippen LogP contribution in [0.4, 0.5) is 0 Å². The summed E-state index contributed by atoms with van der Waals surface area (Å²) in [6, 6.07) is 0. The number of rotatable bonds is 1. The second-order valence-corrected chi connectivity index (χ2v) is 3.45. The molecule has 0 atom stereocenters. The van der Waals surface area contributed by atoms with E-state index in [1.54, 1.807) is 6.92 Å². The molecule has 1 rings (SSSR count). The van der Waals surface area contributed by atoms with E-state index in [1.165, 1.54) is 11.8 Å². The number of hydrogen-bond donors (Lipinski definition) is 0. The van der Waals surface area contributed by atoms with Crippen molar-refractivity contribution in [2.45, 2.75) is 19.0 Å². The zero-order valence-electron chi connectivity index (χ0n) is 7.71. The van der Waals surface area contributed by atoms with Crippen LogP contribution in [0.15, 0.2) is 9.95 Å². The third kappa shape index (κ3) is 1.39. The van der Waals surface area contributed by atoms with E-state index in [0.717, 1.165) is 16.4 Å². The Bertz CT molecular complexity index is 357. The van der Waals surface area contributed by atoms with Gasteiger partial charge in [-0.1, -0.05) is 11.8 Å². The summed E-state index contributed by atoms with van der Waals surface area (Å²) in [5.41, 5.74) is 1.60. The van der Waals surface area contributed by atoms with Crippen LogP contribution in [0.1, 0.15) is 11.3 Å². The van der Waals surface area contributed by atoms with Gasteiger partial charge in [0.1, 0.15) is 0 Å². The zero-order chi connectivity index (χ0) is 9.30. The SMILES string of the molecule is CSc1nc(=O)c(C)c(C)n1C. The first-order valence-corrected chi connectivity index (χ1v) is 4.88. The molecule has 0 aliphatic carbocycles. The lowest BCUT2D eigenvalue weighted by molar-refractivity contribution is 0.691. The van der Waals surface area contributed by atoms with E-state index in [4.69, 9.17) is 0 Å². The van der Waals surface area contributed by atoms with Crippen molar-refractivity contribution in [1.29, 1.82) is 0 Å². The Balaban J connectivity index is 3.50. The van der Waals surface area contributed by atoms with E-state index >= 15 is 0 Å². The van der Waals surface area contributed by atoms with Crippen LogP contribution in [0.3, 0.4) is 0 Å². The van der Waals surface area contributed by atoms with E-state index in [-0.39, 0.29) is 5.56 Å². The van der Waals surface area contributed by atoms with Crippen LogP contribution in [-0.4, -0.2) is 15.8 Å². The molecule has 0 unspecified atom stereocenters. The zero-order valence-corrected chi connectivity index (χ0v) is 8.53. The van der Waals surface area contributed by atoms with Gasteiger partial charge in [-0.3, -0.25) is 4.79 Å². The van der Waals surface area contributed by atoms with Crippen molar-refractivity contribution < 1.29 is 0 Å². The summed E-state index contributed by atoms with van der Waals surface area (Å²) in [7, 11) is 1.92. The van der Waals surface area contributed by atoms with Crippen LogP contribution in [0.5, 0.6) is 0 Å². The summed E-state index contributed by atoms with van der Waals surface area (Å²) in [6.45, 7) is 3.73. The van der Waals surface area contributed by atoms with E-state index in [1.807, 2.05) is 24.8 Å². The van der Waals surface area contributed by atoms with Gasteiger partial charge in [-0.15, -0.1) is 0 Å². The summed E-state index contributed by atoms with van der Waals surface area (Å²) < 4.78 is 1.93. The van der Waals surface area contributed by atoms with Gasteiger partial charge in [-0.2, -0.15) is 4.98 Å². The Morgan fingerprint density at radius 3 is 2.50 bits per heavy atom. The predicted octanol–water partition coefficient (Wildman–Crippen LogP) is 1.12. The lowest BCUT2D eigenvalue weighted by Gasteiger charge is -2.09. The second-order valence-electron chi connectivity index (χ2n) is 2.67. The third-order valence-electron chi connectivity index (χ3n) is 2.03. The Morgan fingerprint density at radius 1 is 1.42 bits per heavy atom. The Hall–Kier alpha value is -0.770. The molecule has 0 fully saturated rings. The summed E-state index contributed by atoms with van der Waals surface area (Å²) >= 11 is 1.48. The molecule has 0 aliphatic rings. The Morgan fingerprint density at radius 2 is 2.00 bits per heavy atom. The molecule has 12 heavy (non-hydrogen) atoms. The molecule has 4 heteroatoms. The second kappa shape index (κ2) is 3.31. The van der Waals surface area contributed by atoms with Crippen LogP contribution in [0.25, 0.3) is 0 Å². The molecule has 0 spiro atoms. The van der Waals surface area contributed by atoms with Gasteiger partial charge >= 0.3 is 0 Å². The molecule has 0 amide bonds. The molecule has 1 aromatic heterocycles. The lowest BCUT2D eigenvalue weighted by Crippen LogP contribution is -2.18. The number of thioether (sulfide) groups is 1. The first kappa shape index (κ1) is 9.32. The maximum Gasteiger partial charge on any atom is 0.276 e. The van der Waals surface area contributed by atoms with Gasteiger partial charge in [0.05, 0.1) is 0 Å². The quantitative estimate of drug-likeness (QED) is 0.484. The maximum atomic E-state index is 11.2. The van der Waals surface area contributed by atoms with Crippen LogP contribution in [-0.2, 0) is 7.05 Å². The molecule has 0 saturated carbocycles. The highest BCUT2D eigenvalue weighted by Crippen LogP contribution is 2.11. The minimum Gasteiger partial charge on any atom is -0.328 e. The first-order chi connectivity index (χ1) is 5.57. The molecule has 0 radical (unpaired) electrons. The predicted molar refractivity (Wildman–Crippen MR) is 50.7 cm³/mol. The maximum absolute atomic E-state index is 11.2. The largest absolute Gasteiger partial charge is 0.328 e. The van der Waals surface area contributed by atoms with Gasteiger partial charge < -0.3 is 4.57 Å². The van der Waals surface area contributed by atoms with Crippen molar-refractivity contribution in [3.8, 4) is 0 Å². The van der Waals surface area contributed by atoms with E-state index in [2.05, 4.69) is 4.98 Å². The van der Waals surface area contributed by atoms with Crippen molar-refractivity contribution in [2.24, 2.45) is 7.05 Å². The molecule has 3 nitrogen and oxygen atoms in total. The lowest BCUT2D eigenvalue weighted by atomic mass is 10.3. The number of hydrogen-bond acceptors (Lipinski definition) is 3. The normalized spacial score (nSPS) is 10.3. The highest BCUT2D eigenvalue weighted by Gasteiger charge is 2.05. The molecular formula is C8H12N2OS. The summed E-state index contributed by atoms with van der Waals surface area (Å²) in [4.78, 5) is 15.2. The van der Waals surface area contributed by atoms with Crippen LogP contribution in [0, 0.1) is 13.8 Å². The average Bonchev–Trinajstić information content (AvgIpc) is 2.08.